The quantitative estimate of drug-likeness (QED) is 0.151. The molecular formula is C15H14N3O7S-. The minimum atomic E-state index is -3.92. The smallest absolute Gasteiger partial charge is 0.343 e. The second kappa shape index (κ2) is 8.69. The topological polar surface area (TPSA) is 177 Å². The Morgan fingerprint density at radius 1 is 1.12 bits per heavy atom. The number of amidine groups is 1. The number of carbonyl (C=O) groups is 1. The minimum Gasteiger partial charge on any atom is -0.748 e. The Balaban J connectivity index is 0.000000597. The van der Waals surface area contributed by atoms with Gasteiger partial charge in [-0.05, 0) is 18.2 Å². The van der Waals surface area contributed by atoms with E-state index in [9.17, 15) is 14.9 Å². The lowest BCUT2D eigenvalue weighted by atomic mass is 10.1. The third-order valence-electron chi connectivity index (χ3n) is 2.70. The van der Waals surface area contributed by atoms with Gasteiger partial charge < -0.3 is 15.0 Å². The lowest BCUT2D eigenvalue weighted by Crippen LogP contribution is -2.13. The summed E-state index contributed by atoms with van der Waals surface area (Å²) < 4.78 is 32.3. The Morgan fingerprint density at radius 3 is 2.04 bits per heavy atom. The SMILES string of the molecule is CS(=O)(=O)[O-].N=C(N)c1ccc(C(=O)Oc2ccccc2[N+](=O)[O-])cc1. The van der Waals surface area contributed by atoms with Gasteiger partial charge in [-0.25, -0.2) is 13.2 Å². The molecule has 0 amide bonds. The largest absolute Gasteiger partial charge is 0.748 e. The molecule has 0 radical (unpaired) electrons. The molecule has 0 atom stereocenters. The van der Waals surface area contributed by atoms with Gasteiger partial charge in [-0.1, -0.05) is 24.3 Å². The van der Waals surface area contributed by atoms with Crippen LogP contribution in [-0.2, 0) is 10.1 Å². The van der Waals surface area contributed by atoms with Crippen LogP contribution in [0.5, 0.6) is 5.75 Å². The number of ether oxygens (including phenoxy) is 1. The Hall–Kier alpha value is -3.31. The molecule has 0 saturated heterocycles. The van der Waals surface area contributed by atoms with Crippen molar-refractivity contribution < 1.29 is 27.4 Å². The van der Waals surface area contributed by atoms with E-state index in [1.165, 1.54) is 48.5 Å². The van der Waals surface area contributed by atoms with E-state index in [1.807, 2.05) is 0 Å². The molecule has 2 aromatic carbocycles. The number of rotatable bonds is 4. The maximum absolute atomic E-state index is 11.9. The highest BCUT2D eigenvalue weighted by Gasteiger charge is 2.18. The summed E-state index contributed by atoms with van der Waals surface area (Å²) in [5.41, 5.74) is 5.70. The molecule has 11 heteroatoms. The van der Waals surface area contributed by atoms with Gasteiger partial charge in [0.25, 0.3) is 0 Å². The molecular weight excluding hydrogens is 366 g/mol. The lowest BCUT2D eigenvalue weighted by Gasteiger charge is -2.05. The molecule has 26 heavy (non-hydrogen) atoms. The number of nitro groups is 1. The van der Waals surface area contributed by atoms with Crippen LogP contribution in [-0.4, -0.2) is 36.0 Å². The highest BCUT2D eigenvalue weighted by Crippen LogP contribution is 2.26. The third-order valence-corrected chi connectivity index (χ3v) is 2.70. The van der Waals surface area contributed by atoms with Crippen LogP contribution in [0.4, 0.5) is 5.69 Å². The summed E-state index contributed by atoms with van der Waals surface area (Å²) in [4.78, 5) is 22.2. The van der Waals surface area contributed by atoms with Crippen molar-refractivity contribution >= 4 is 27.6 Å². The fraction of sp³-hybridized carbons (Fsp3) is 0.0667. The Kier molecular flexibility index (Phi) is 6.93. The second-order valence-corrected chi connectivity index (χ2v) is 6.22. The number of carbonyl (C=O) groups excluding carboxylic acids is 1. The highest BCUT2D eigenvalue weighted by atomic mass is 32.2. The van der Waals surface area contributed by atoms with Crippen molar-refractivity contribution in [3.8, 4) is 5.75 Å². The molecule has 10 nitrogen and oxygen atoms in total. The average molecular weight is 380 g/mol. The Morgan fingerprint density at radius 2 is 1.58 bits per heavy atom. The normalized spacial score (nSPS) is 10.2. The van der Waals surface area contributed by atoms with Gasteiger partial charge in [0.15, 0.2) is 0 Å². The number of benzene rings is 2. The van der Waals surface area contributed by atoms with Gasteiger partial charge in [-0.2, -0.15) is 0 Å². The first kappa shape index (κ1) is 20.7. The summed E-state index contributed by atoms with van der Waals surface area (Å²) in [7, 11) is -3.92. The van der Waals surface area contributed by atoms with Crippen molar-refractivity contribution in [1.82, 2.24) is 0 Å². The summed E-state index contributed by atoms with van der Waals surface area (Å²) in [6.07, 6.45) is 0.604. The first-order valence-electron chi connectivity index (χ1n) is 6.80. The molecule has 0 saturated carbocycles. The van der Waals surface area contributed by atoms with Crippen LogP contribution in [0.3, 0.4) is 0 Å². The van der Waals surface area contributed by atoms with Gasteiger partial charge in [0.1, 0.15) is 5.84 Å². The van der Waals surface area contributed by atoms with Gasteiger partial charge >= 0.3 is 11.7 Å². The van der Waals surface area contributed by atoms with Crippen LogP contribution in [0.1, 0.15) is 15.9 Å². The van der Waals surface area contributed by atoms with Crippen molar-refractivity contribution in [2.75, 3.05) is 6.26 Å². The molecule has 3 N–H and O–H groups in total. The highest BCUT2D eigenvalue weighted by molar-refractivity contribution is 7.84. The van der Waals surface area contributed by atoms with E-state index in [0.717, 1.165) is 0 Å². The molecule has 0 aliphatic carbocycles. The minimum absolute atomic E-state index is 0.117. The number of nitrogens with one attached hydrogen (secondary N) is 1. The van der Waals surface area contributed by atoms with Crippen LogP contribution in [0.15, 0.2) is 48.5 Å². The number of nitrogen functional groups attached to an aromatic ring is 1. The second-order valence-electron chi connectivity index (χ2n) is 4.81. The summed E-state index contributed by atoms with van der Waals surface area (Å²) >= 11 is 0. The monoisotopic (exact) mass is 380 g/mol. The fourth-order valence-electron chi connectivity index (χ4n) is 1.64. The molecule has 0 aromatic heterocycles. The van der Waals surface area contributed by atoms with Crippen molar-refractivity contribution in [3.63, 3.8) is 0 Å². The number of hydrogen-bond acceptors (Lipinski definition) is 8. The standard InChI is InChI=1S/C14H11N3O4.CH4O3S/c15-13(16)9-5-7-10(8-6-9)14(18)21-12-4-2-1-3-11(12)17(19)20;1-5(2,3)4/h1-8H,(H3,15,16);1H3,(H,2,3,4)/p-1. The number of esters is 1. The molecule has 0 fully saturated rings. The fourth-order valence-corrected chi connectivity index (χ4v) is 1.64. The summed E-state index contributed by atoms with van der Waals surface area (Å²) in [5.74, 6) is -0.962. The number of nitrogens with two attached hydrogens (primary N) is 1. The van der Waals surface area contributed by atoms with E-state index in [4.69, 9.17) is 28.9 Å². The van der Waals surface area contributed by atoms with E-state index in [-0.39, 0.29) is 22.8 Å². The molecule has 0 aliphatic heterocycles. The first-order valence-corrected chi connectivity index (χ1v) is 8.61. The van der Waals surface area contributed by atoms with Gasteiger partial charge in [0.05, 0.1) is 20.6 Å². The first-order chi connectivity index (χ1) is 12.0. The van der Waals surface area contributed by atoms with Gasteiger partial charge in [0, 0.05) is 17.9 Å². The van der Waals surface area contributed by atoms with Gasteiger partial charge in [0.2, 0.25) is 5.75 Å². The van der Waals surface area contributed by atoms with E-state index >= 15 is 0 Å². The van der Waals surface area contributed by atoms with E-state index in [2.05, 4.69) is 0 Å². The molecule has 2 aromatic rings. The van der Waals surface area contributed by atoms with Crippen molar-refractivity contribution in [1.29, 1.82) is 5.41 Å². The average Bonchev–Trinajstić information content (AvgIpc) is 2.53. The third kappa shape index (κ3) is 7.07. The van der Waals surface area contributed by atoms with Crippen molar-refractivity contribution in [2.45, 2.75) is 0 Å². The molecule has 0 unspecified atom stereocenters. The number of hydrogen-bond donors (Lipinski definition) is 2. The molecule has 0 aliphatic rings. The van der Waals surface area contributed by atoms with Gasteiger partial charge in [-0.3, -0.25) is 15.5 Å². The Labute approximate surface area is 148 Å². The maximum atomic E-state index is 11.9. The zero-order valence-electron chi connectivity index (χ0n) is 13.4. The van der Waals surface area contributed by atoms with E-state index < -0.39 is 21.0 Å². The molecule has 0 bridgehead atoms. The van der Waals surface area contributed by atoms with Crippen molar-refractivity contribution in [2.24, 2.45) is 5.73 Å². The number of nitrogens with zero attached hydrogens (tertiary/aromatic N) is 1. The molecule has 0 heterocycles. The van der Waals surface area contributed by atoms with Crippen LogP contribution < -0.4 is 10.5 Å². The molecule has 0 spiro atoms. The number of para-hydroxylation sites is 2. The lowest BCUT2D eigenvalue weighted by molar-refractivity contribution is -0.385. The van der Waals surface area contributed by atoms with E-state index in [1.54, 1.807) is 0 Å². The van der Waals surface area contributed by atoms with Crippen LogP contribution in [0.25, 0.3) is 0 Å². The maximum Gasteiger partial charge on any atom is 0.343 e. The predicted molar refractivity (Wildman–Crippen MR) is 91.1 cm³/mol. The van der Waals surface area contributed by atoms with Crippen molar-refractivity contribution in [3.05, 3.63) is 69.8 Å². The van der Waals surface area contributed by atoms with E-state index in [0.29, 0.717) is 11.8 Å². The van der Waals surface area contributed by atoms with Crippen LogP contribution in [0.2, 0.25) is 0 Å². The number of nitro benzene ring substituents is 1. The zero-order valence-corrected chi connectivity index (χ0v) is 14.2. The van der Waals surface area contributed by atoms with Gasteiger partial charge in [-0.15, -0.1) is 0 Å². The molecule has 2 rings (SSSR count). The van der Waals surface area contributed by atoms with Crippen LogP contribution >= 0.6 is 0 Å². The molecule has 138 valence electrons. The predicted octanol–water partition coefficient (Wildman–Crippen LogP) is 1.26. The Bertz CT molecular complexity index is 917. The zero-order chi connectivity index (χ0) is 19.9. The summed E-state index contributed by atoms with van der Waals surface area (Å²) in [5, 5.41) is 18.1. The summed E-state index contributed by atoms with van der Waals surface area (Å²) in [6, 6.07) is 11.5. The van der Waals surface area contributed by atoms with Crippen LogP contribution in [0, 0.1) is 15.5 Å². The summed E-state index contributed by atoms with van der Waals surface area (Å²) in [6.45, 7) is 0.